The number of nitrogen functional groups attached to an aromatic ring is 1. The van der Waals surface area contributed by atoms with Crippen LogP contribution in [0.2, 0.25) is 0 Å². The van der Waals surface area contributed by atoms with Gasteiger partial charge in [-0.25, -0.2) is 9.97 Å². The van der Waals surface area contributed by atoms with Crippen LogP contribution in [0.1, 0.15) is 69.5 Å². The molecule has 5 heteroatoms. The van der Waals surface area contributed by atoms with Gasteiger partial charge in [0.25, 0.3) is 0 Å². The van der Waals surface area contributed by atoms with Crippen LogP contribution in [0, 0.1) is 0 Å². The van der Waals surface area contributed by atoms with Crippen molar-refractivity contribution in [3.8, 4) is 0 Å². The largest absolute Gasteiger partial charge is 0.395 e. The number of unbranched alkanes of at least 4 members (excludes halogenated alkanes) is 6. The molecule has 1 aliphatic rings. The van der Waals surface area contributed by atoms with E-state index in [2.05, 4.69) is 28.3 Å². The lowest BCUT2D eigenvalue weighted by Gasteiger charge is -2.17. The highest BCUT2D eigenvalue weighted by Gasteiger charge is 2.19. The van der Waals surface area contributed by atoms with Gasteiger partial charge in [0, 0.05) is 18.2 Å². The number of aliphatic hydroxyl groups is 1. The van der Waals surface area contributed by atoms with E-state index >= 15 is 0 Å². The molecule has 0 aliphatic heterocycles. The second-order valence-corrected chi connectivity index (χ2v) is 6.69. The molecular weight excluding hydrogens is 300 g/mol. The van der Waals surface area contributed by atoms with E-state index in [0.29, 0.717) is 5.82 Å². The van der Waals surface area contributed by atoms with Crippen molar-refractivity contribution in [1.82, 2.24) is 15.3 Å². The van der Waals surface area contributed by atoms with Gasteiger partial charge in [-0.15, -0.1) is 0 Å². The molecule has 0 radical (unpaired) electrons. The van der Waals surface area contributed by atoms with Crippen LogP contribution in [0.15, 0.2) is 12.4 Å². The molecule has 2 rings (SSSR count). The molecule has 24 heavy (non-hydrogen) atoms. The van der Waals surface area contributed by atoms with Crippen molar-refractivity contribution in [3.05, 3.63) is 23.7 Å². The summed E-state index contributed by atoms with van der Waals surface area (Å²) in [5.41, 5.74) is 9.05. The highest BCUT2D eigenvalue weighted by atomic mass is 16.3. The molecule has 1 atom stereocenters. The molecule has 1 heterocycles. The summed E-state index contributed by atoms with van der Waals surface area (Å²) < 4.78 is 0. The van der Waals surface area contributed by atoms with E-state index in [4.69, 9.17) is 5.73 Å². The predicted octanol–water partition coefficient (Wildman–Crippen LogP) is 3.09. The summed E-state index contributed by atoms with van der Waals surface area (Å²) in [4.78, 5) is 8.40. The van der Waals surface area contributed by atoms with E-state index in [9.17, 15) is 5.11 Å². The number of aromatic nitrogens is 2. The number of nitrogens with zero attached hydrogens (tertiary/aromatic N) is 2. The van der Waals surface area contributed by atoms with Crippen molar-refractivity contribution < 1.29 is 5.11 Å². The van der Waals surface area contributed by atoms with Crippen LogP contribution in [0.5, 0.6) is 0 Å². The fraction of sp³-hybridized carbons (Fsp3) is 0.684. The summed E-state index contributed by atoms with van der Waals surface area (Å²) >= 11 is 0. The number of hydrogen-bond donors (Lipinski definition) is 3. The van der Waals surface area contributed by atoms with Gasteiger partial charge in [0.15, 0.2) is 0 Å². The summed E-state index contributed by atoms with van der Waals surface area (Å²) in [5, 5.41) is 13.0. The van der Waals surface area contributed by atoms with Crippen LogP contribution in [-0.4, -0.2) is 34.3 Å². The number of rotatable bonds is 12. The molecule has 134 valence electrons. The van der Waals surface area contributed by atoms with Gasteiger partial charge >= 0.3 is 0 Å². The number of nitrogens with two attached hydrogens (primary N) is 1. The van der Waals surface area contributed by atoms with Gasteiger partial charge < -0.3 is 16.2 Å². The van der Waals surface area contributed by atoms with Crippen LogP contribution in [0.4, 0.5) is 5.82 Å². The highest BCUT2D eigenvalue weighted by molar-refractivity contribution is 5.74. The van der Waals surface area contributed by atoms with Gasteiger partial charge in [-0.2, -0.15) is 0 Å². The number of nitrogens with one attached hydrogen (secondary N) is 1. The number of fused-ring (bicyclic) bond motifs is 1. The van der Waals surface area contributed by atoms with Gasteiger partial charge in [0.2, 0.25) is 0 Å². The minimum absolute atomic E-state index is 0.157. The van der Waals surface area contributed by atoms with E-state index < -0.39 is 0 Å². The zero-order valence-corrected chi connectivity index (χ0v) is 14.9. The van der Waals surface area contributed by atoms with Crippen molar-refractivity contribution in [1.29, 1.82) is 0 Å². The fourth-order valence-corrected chi connectivity index (χ4v) is 3.24. The molecule has 5 nitrogen and oxygen atoms in total. The van der Waals surface area contributed by atoms with Crippen molar-refractivity contribution in [2.75, 3.05) is 18.9 Å². The summed E-state index contributed by atoms with van der Waals surface area (Å²) in [7, 11) is 0. The number of allylic oxidation sites excluding steroid dienone is 1. The zero-order chi connectivity index (χ0) is 17.2. The first-order valence-electron chi connectivity index (χ1n) is 9.39. The fourth-order valence-electron chi connectivity index (χ4n) is 3.24. The Hall–Kier alpha value is -1.46. The number of anilines is 1. The van der Waals surface area contributed by atoms with E-state index in [1.54, 1.807) is 0 Å². The molecule has 4 N–H and O–H groups in total. The maximum Gasteiger partial charge on any atom is 0.130 e. The molecule has 0 saturated carbocycles. The first-order chi connectivity index (χ1) is 11.8. The molecule has 1 aromatic rings. The summed E-state index contributed by atoms with van der Waals surface area (Å²) in [6.07, 6.45) is 14.6. The molecule has 0 fully saturated rings. The lowest BCUT2D eigenvalue weighted by molar-refractivity contribution is 0.236. The van der Waals surface area contributed by atoms with E-state index in [1.165, 1.54) is 51.3 Å². The third kappa shape index (κ3) is 5.56. The van der Waals surface area contributed by atoms with E-state index in [1.807, 2.05) is 0 Å². The van der Waals surface area contributed by atoms with Crippen molar-refractivity contribution in [3.63, 3.8) is 0 Å². The Morgan fingerprint density at radius 2 is 1.92 bits per heavy atom. The molecular formula is C19H32N4O. The predicted molar refractivity (Wildman–Crippen MR) is 99.6 cm³/mol. The highest BCUT2D eigenvalue weighted by Crippen LogP contribution is 2.27. The topological polar surface area (TPSA) is 84.1 Å². The van der Waals surface area contributed by atoms with E-state index in [-0.39, 0.29) is 12.6 Å². The first-order valence-corrected chi connectivity index (χ1v) is 9.39. The standard InChI is InChI=1S/C19H32N4O/c1-2-3-4-5-6-7-8-9-16(13-24)21-12-15-10-11-17-18(15)22-14-23-19(17)20/h10,14,16,21,24H,2-9,11-13H2,1H3,(H2,20,22,23)/t16-/m0/s1. The Morgan fingerprint density at radius 1 is 1.17 bits per heavy atom. The molecule has 0 bridgehead atoms. The molecule has 1 aromatic heterocycles. The maximum absolute atomic E-state index is 9.58. The Morgan fingerprint density at radius 3 is 2.67 bits per heavy atom. The van der Waals surface area contributed by atoms with Crippen LogP contribution >= 0.6 is 0 Å². The Kier molecular flexibility index (Phi) is 8.19. The number of hydrogen-bond acceptors (Lipinski definition) is 5. The second-order valence-electron chi connectivity index (χ2n) is 6.69. The lowest BCUT2D eigenvalue weighted by Crippen LogP contribution is -2.33. The average molecular weight is 332 g/mol. The van der Waals surface area contributed by atoms with Crippen LogP contribution in [0.3, 0.4) is 0 Å². The van der Waals surface area contributed by atoms with Crippen LogP contribution < -0.4 is 11.1 Å². The van der Waals surface area contributed by atoms with Crippen LogP contribution in [0.25, 0.3) is 5.57 Å². The lowest BCUT2D eigenvalue weighted by atomic mass is 10.0. The summed E-state index contributed by atoms with van der Waals surface area (Å²) in [5.74, 6) is 0.577. The smallest absolute Gasteiger partial charge is 0.130 e. The van der Waals surface area contributed by atoms with Crippen LogP contribution in [-0.2, 0) is 6.42 Å². The molecule has 0 saturated heterocycles. The second kappa shape index (κ2) is 10.4. The zero-order valence-electron chi connectivity index (χ0n) is 14.9. The number of aliphatic hydroxyl groups excluding tert-OH is 1. The maximum atomic E-state index is 9.58. The van der Waals surface area contributed by atoms with Gasteiger partial charge in [0.1, 0.15) is 12.1 Å². The molecule has 0 amide bonds. The molecule has 0 unspecified atom stereocenters. The Bertz CT molecular complexity index is 530. The van der Waals surface area contributed by atoms with Crippen molar-refractivity contribution >= 4 is 11.4 Å². The minimum Gasteiger partial charge on any atom is -0.395 e. The van der Waals surface area contributed by atoms with Gasteiger partial charge in [-0.1, -0.05) is 57.9 Å². The van der Waals surface area contributed by atoms with Crippen molar-refractivity contribution in [2.24, 2.45) is 0 Å². The quantitative estimate of drug-likeness (QED) is 0.512. The Labute approximate surface area is 145 Å². The van der Waals surface area contributed by atoms with Gasteiger partial charge in [-0.05, 0) is 18.4 Å². The SMILES string of the molecule is CCCCCCCCC[C@@H](CO)NCC1=CCc2c(N)ncnc21. The summed E-state index contributed by atoms with van der Waals surface area (Å²) in [6.45, 7) is 3.16. The molecule has 1 aliphatic carbocycles. The normalized spacial score (nSPS) is 14.5. The third-order valence-electron chi connectivity index (χ3n) is 4.79. The van der Waals surface area contributed by atoms with Crippen molar-refractivity contribution in [2.45, 2.75) is 70.8 Å². The molecule has 0 spiro atoms. The van der Waals surface area contributed by atoms with E-state index in [0.717, 1.165) is 36.2 Å². The van der Waals surface area contributed by atoms with Gasteiger partial charge in [0.05, 0.1) is 12.3 Å². The molecule has 0 aromatic carbocycles. The first kappa shape index (κ1) is 18.9. The Balaban J connectivity index is 1.67. The third-order valence-corrected chi connectivity index (χ3v) is 4.79. The average Bonchev–Trinajstić information content (AvgIpc) is 3.01. The minimum atomic E-state index is 0.157. The summed E-state index contributed by atoms with van der Waals surface area (Å²) in [6, 6.07) is 0.157. The monoisotopic (exact) mass is 332 g/mol. The van der Waals surface area contributed by atoms with Gasteiger partial charge in [-0.3, -0.25) is 0 Å².